The van der Waals surface area contributed by atoms with Gasteiger partial charge < -0.3 is 69.4 Å². The minimum absolute atomic E-state index is 0.0324. The van der Waals surface area contributed by atoms with Crippen LogP contribution in [0.1, 0.15) is 221 Å². The Morgan fingerprint density at radius 1 is 0.429 bits per heavy atom. The number of carbonyl (C=O) groups excluding carboxylic acids is 2. The smallest absolute Gasteiger partial charge is 0.225 e. The zero-order chi connectivity index (χ0) is 78.7. The number of nitrogens with zero attached hydrogens (tertiary/aromatic N) is 14. The summed E-state index contributed by atoms with van der Waals surface area (Å²) in [6.07, 6.45) is 18.5. The molecule has 10 fully saturated rings. The van der Waals surface area contributed by atoms with Crippen LogP contribution in [0, 0.1) is 23.7 Å². The zero-order valence-corrected chi connectivity index (χ0v) is 74.0. The second-order valence-corrected chi connectivity index (χ2v) is 36.0. The number of aliphatic hydroxyl groups is 2. The van der Waals surface area contributed by atoms with E-state index >= 15 is 0 Å². The van der Waals surface area contributed by atoms with Crippen LogP contribution in [0.3, 0.4) is 0 Å². The molecule has 10 heterocycles. The number of piperazine rings is 3. The first-order valence-corrected chi connectivity index (χ1v) is 43.5. The van der Waals surface area contributed by atoms with E-state index in [9.17, 15) is 14.7 Å². The molecule has 10 aliphatic rings. The number of piperidine rings is 5. The van der Waals surface area contributed by atoms with E-state index in [0.29, 0.717) is 29.8 Å². The summed E-state index contributed by atoms with van der Waals surface area (Å²) in [5.74, 6) is 2.92. The molecule has 0 aromatic carbocycles. The van der Waals surface area contributed by atoms with Crippen LogP contribution in [0.2, 0.25) is 0 Å². The standard InChI is InChI=1S/C13H27N3.C12H24N2.C9H18N2O.C9H20N2O.C9H20N2.C9H19NO.C8H18N2.C8H17NO.C8H17N/c1-12(2)15-6-4-13(5-7-15)16-10-8-14(3)9-11-16;1-11(2)13-9-5-12(6-10-13)14-7-3-4-8-14;1-8(2)9(12)11-6-4-10(3)5-7-11;1-8(2)11-5-3-9(4-6-11)10-7-12;1-8(2)11-6-5-9(7-11)10(3)4;1-8(2)9(11)6-5-7-10(3)4;1-8(2)10-6-4-9(3)5-7-10;1-7(2)9-5-3-8(10)4-6-9;1-7(2)8-3-5-9-6-4-8/h12-13H,4-11H2,1-3H3;11-12H,3-10H2,1-2H3;8H,4-7H2,1-3H3;8-10,12H,3-7H2,1-2H3;8-9H,5-7H2,1-4H3;8H,5-7H2,1-4H3;8H,4-7H2,1-3H3;7-8,10H,3-6H2,1-2H3;7-9H,3-6H2,1-2H3. The van der Waals surface area contributed by atoms with Crippen LogP contribution in [0.15, 0.2) is 0 Å². The van der Waals surface area contributed by atoms with Crippen molar-refractivity contribution in [1.29, 1.82) is 0 Å². The van der Waals surface area contributed by atoms with E-state index in [1.807, 2.05) is 46.7 Å². The fraction of sp³-hybridized carbons (Fsp3) is 0.976. The average molecular weight is 1490 g/mol. The molecule has 4 N–H and O–H groups in total. The fourth-order valence-electron chi connectivity index (χ4n) is 15.7. The Kier molecular flexibility index (Phi) is 53.7. The Morgan fingerprint density at radius 2 is 0.790 bits per heavy atom. The van der Waals surface area contributed by atoms with Gasteiger partial charge in [-0.25, -0.2) is 0 Å². The lowest BCUT2D eigenvalue weighted by Gasteiger charge is -2.43. The molecular weight excluding hydrogens is 1310 g/mol. The Balaban J connectivity index is 0.000000403. The van der Waals surface area contributed by atoms with Crippen LogP contribution in [0.25, 0.3) is 0 Å². The minimum atomic E-state index is -0.0324. The van der Waals surface area contributed by atoms with Crippen molar-refractivity contribution in [3.8, 4) is 0 Å². The van der Waals surface area contributed by atoms with Crippen molar-refractivity contribution < 1.29 is 19.8 Å². The third-order valence-corrected chi connectivity index (χ3v) is 24.3. The van der Waals surface area contributed by atoms with Gasteiger partial charge in [-0.15, -0.1) is 0 Å². The number of likely N-dealkylation sites (tertiary alicyclic amines) is 6. The molecule has 0 aromatic rings. The van der Waals surface area contributed by atoms with Gasteiger partial charge in [0.25, 0.3) is 0 Å². The Morgan fingerprint density at radius 3 is 1.12 bits per heavy atom. The van der Waals surface area contributed by atoms with Crippen molar-refractivity contribution in [2.45, 2.75) is 287 Å². The van der Waals surface area contributed by atoms with Crippen LogP contribution in [-0.2, 0) is 9.59 Å². The number of nitrogens with one attached hydrogen (secondary N) is 2. The zero-order valence-electron chi connectivity index (χ0n) is 74.0. The summed E-state index contributed by atoms with van der Waals surface area (Å²) in [6.45, 7) is 72.1. The van der Waals surface area contributed by atoms with E-state index in [1.54, 1.807) is 0 Å². The molecule has 20 heteroatoms. The number of ketones is 1. The van der Waals surface area contributed by atoms with Gasteiger partial charge in [0.15, 0.2) is 0 Å². The molecule has 1 unspecified atom stereocenters. The molecule has 0 aliphatic carbocycles. The fourth-order valence-corrected chi connectivity index (χ4v) is 15.7. The van der Waals surface area contributed by atoms with Crippen molar-refractivity contribution in [3.05, 3.63) is 0 Å². The summed E-state index contributed by atoms with van der Waals surface area (Å²) in [6, 6.07) is 7.34. The quantitative estimate of drug-likeness (QED) is 0.0967. The van der Waals surface area contributed by atoms with Crippen molar-refractivity contribution in [2.75, 3.05) is 233 Å². The molecule has 624 valence electrons. The van der Waals surface area contributed by atoms with E-state index < -0.39 is 0 Å². The van der Waals surface area contributed by atoms with E-state index in [4.69, 9.17) is 5.11 Å². The summed E-state index contributed by atoms with van der Waals surface area (Å²) in [7, 11) is 14.9. The summed E-state index contributed by atoms with van der Waals surface area (Å²) in [5, 5.41) is 24.3. The van der Waals surface area contributed by atoms with Gasteiger partial charge in [-0.3, -0.25) is 29.6 Å². The molecule has 0 aromatic heterocycles. The van der Waals surface area contributed by atoms with Gasteiger partial charge in [0.2, 0.25) is 5.91 Å². The Hall–Kier alpha value is -1.54. The lowest BCUT2D eigenvalue weighted by molar-refractivity contribution is -0.136. The summed E-state index contributed by atoms with van der Waals surface area (Å²) in [4.78, 5) is 56.7. The highest BCUT2D eigenvalue weighted by Gasteiger charge is 2.30. The largest absolute Gasteiger partial charge is 0.393 e. The van der Waals surface area contributed by atoms with Gasteiger partial charge >= 0.3 is 0 Å². The number of amides is 1. The number of aliphatic hydroxyl groups excluding tert-OH is 2. The molecule has 0 spiro atoms. The molecule has 1 amide bonds. The van der Waals surface area contributed by atoms with Gasteiger partial charge in [0, 0.05) is 183 Å². The monoisotopic (exact) mass is 1490 g/mol. The Labute approximate surface area is 651 Å². The molecule has 20 nitrogen and oxygen atoms in total. The van der Waals surface area contributed by atoms with Crippen LogP contribution in [-0.4, -0.2) is 390 Å². The molecule has 10 saturated heterocycles. The first kappa shape index (κ1) is 99.5. The van der Waals surface area contributed by atoms with Gasteiger partial charge in [-0.2, -0.15) is 0 Å². The van der Waals surface area contributed by atoms with Crippen LogP contribution >= 0.6 is 0 Å². The summed E-state index contributed by atoms with van der Waals surface area (Å²) < 4.78 is 0. The number of hydrogen-bond acceptors (Lipinski definition) is 19. The van der Waals surface area contributed by atoms with Gasteiger partial charge in [-0.05, 0) is 306 Å². The highest BCUT2D eigenvalue weighted by Crippen LogP contribution is 2.24. The van der Waals surface area contributed by atoms with E-state index in [1.165, 1.54) is 188 Å². The van der Waals surface area contributed by atoms with Crippen LogP contribution in [0.5, 0.6) is 0 Å². The Bertz CT molecular complexity index is 2020. The number of likely N-dealkylation sites (N-methyl/N-ethyl adjacent to an activating group) is 4. The maximum atomic E-state index is 11.5. The summed E-state index contributed by atoms with van der Waals surface area (Å²) in [5.41, 5.74) is 0. The normalized spacial score (nSPS) is 23.3. The molecule has 0 saturated carbocycles. The lowest BCUT2D eigenvalue weighted by Crippen LogP contribution is -2.53. The molecule has 1 atom stereocenters. The molecular formula is C85H180N16O4. The first-order chi connectivity index (χ1) is 49.6. The predicted octanol–water partition coefficient (Wildman–Crippen LogP) is 9.60. The van der Waals surface area contributed by atoms with Crippen LogP contribution < -0.4 is 10.6 Å². The SMILES string of the molecule is CC(C)C(=O)CCCN(C)C.CC(C)C(=O)N1CCN(C)CC1.CC(C)C1CCNCC1.CC(C)N1CCC(N(C)C)C1.CC(C)N1CCC(N2CCCC2)CC1.CC(C)N1CCC(N2CCN(C)CC2)CC1.CC(C)N1CCC(NCO)CC1.CC(C)N1CCC(O)CC1.CC(C)N1CCN(C)CC1. The van der Waals surface area contributed by atoms with Crippen molar-refractivity contribution >= 4 is 11.7 Å². The highest BCUT2D eigenvalue weighted by atomic mass is 16.3. The van der Waals surface area contributed by atoms with Crippen molar-refractivity contribution in [2.24, 2.45) is 23.7 Å². The highest BCUT2D eigenvalue weighted by molar-refractivity contribution is 5.80. The van der Waals surface area contributed by atoms with E-state index in [2.05, 4.69) is 207 Å². The molecule has 105 heavy (non-hydrogen) atoms. The third-order valence-electron chi connectivity index (χ3n) is 24.3. The second kappa shape index (κ2) is 56.6. The number of hydrogen-bond donors (Lipinski definition) is 4. The van der Waals surface area contributed by atoms with Gasteiger partial charge in [-0.1, -0.05) is 41.5 Å². The average Bonchev–Trinajstić information content (AvgIpc) is 1.75. The summed E-state index contributed by atoms with van der Waals surface area (Å²) >= 11 is 0. The minimum Gasteiger partial charge on any atom is -0.393 e. The van der Waals surface area contributed by atoms with E-state index in [0.717, 1.165) is 139 Å². The molecule has 0 bridgehead atoms. The maximum Gasteiger partial charge on any atom is 0.225 e. The first-order valence-electron chi connectivity index (χ1n) is 43.5. The molecule has 10 rings (SSSR count). The number of rotatable bonds is 18. The maximum absolute atomic E-state index is 11.5. The number of carbonyl (C=O) groups is 2. The molecule has 0 radical (unpaired) electrons. The number of Topliss-reactive ketones (excluding diaryl/α,β-unsaturated/α-hetero) is 1. The lowest BCUT2D eigenvalue weighted by atomic mass is 9.87. The third kappa shape index (κ3) is 43.9. The van der Waals surface area contributed by atoms with Crippen molar-refractivity contribution in [3.63, 3.8) is 0 Å². The van der Waals surface area contributed by atoms with E-state index in [-0.39, 0.29) is 24.7 Å². The predicted molar refractivity (Wildman–Crippen MR) is 451 cm³/mol. The topological polar surface area (TPSA) is 144 Å². The second-order valence-electron chi connectivity index (χ2n) is 36.0. The van der Waals surface area contributed by atoms with Crippen LogP contribution in [0.4, 0.5) is 0 Å². The van der Waals surface area contributed by atoms with Gasteiger partial charge in [0.05, 0.1) is 12.8 Å². The van der Waals surface area contributed by atoms with Gasteiger partial charge in [0.1, 0.15) is 5.78 Å². The van der Waals surface area contributed by atoms with Crippen molar-refractivity contribution in [1.82, 2.24) is 79.2 Å². The molecule has 10 aliphatic heterocycles.